The molecule has 3 rings (SSSR count). The van der Waals surface area contributed by atoms with E-state index in [1.807, 2.05) is 0 Å². The van der Waals surface area contributed by atoms with E-state index < -0.39 is 5.60 Å². The van der Waals surface area contributed by atoms with Crippen molar-refractivity contribution in [1.29, 1.82) is 0 Å². The van der Waals surface area contributed by atoms with E-state index in [0.717, 1.165) is 18.4 Å². The van der Waals surface area contributed by atoms with Crippen LogP contribution >= 0.6 is 0 Å². The van der Waals surface area contributed by atoms with Gasteiger partial charge < -0.3 is 15.2 Å². The molecule has 1 aromatic carbocycles. The smallest absolute Gasteiger partial charge is 0.127 e. The fourth-order valence-electron chi connectivity index (χ4n) is 3.60. The van der Waals surface area contributed by atoms with E-state index in [0.29, 0.717) is 30.7 Å². The van der Waals surface area contributed by atoms with Crippen LogP contribution in [0.4, 0.5) is 4.39 Å². The highest BCUT2D eigenvalue weighted by Crippen LogP contribution is 2.42. The molecule has 2 fully saturated rings. The number of rotatable bonds is 2. The summed E-state index contributed by atoms with van der Waals surface area (Å²) in [6.07, 6.45) is 4.76. The summed E-state index contributed by atoms with van der Waals surface area (Å²) in [5.74, 6) is 0.112. The van der Waals surface area contributed by atoms with Crippen molar-refractivity contribution in [3.63, 3.8) is 0 Å². The molecule has 2 aliphatic rings. The van der Waals surface area contributed by atoms with Crippen molar-refractivity contribution in [1.82, 2.24) is 5.32 Å². The minimum Gasteiger partial charge on any atom is -0.496 e. The molecule has 0 spiro atoms. The summed E-state index contributed by atoms with van der Waals surface area (Å²) in [6, 6.07) is 5.12. The third kappa shape index (κ3) is 2.35. The molecule has 3 nitrogen and oxygen atoms in total. The molecule has 0 aromatic heterocycles. The van der Waals surface area contributed by atoms with E-state index in [9.17, 15) is 9.50 Å². The van der Waals surface area contributed by atoms with Crippen LogP contribution in [0.5, 0.6) is 5.75 Å². The number of aliphatic hydroxyl groups is 1. The van der Waals surface area contributed by atoms with Crippen molar-refractivity contribution >= 4 is 0 Å². The van der Waals surface area contributed by atoms with Gasteiger partial charge in [0.15, 0.2) is 0 Å². The molecule has 19 heavy (non-hydrogen) atoms. The van der Waals surface area contributed by atoms with Crippen LogP contribution in [0.1, 0.15) is 37.7 Å². The second-order valence-corrected chi connectivity index (χ2v) is 5.78. The van der Waals surface area contributed by atoms with Crippen LogP contribution in [0.15, 0.2) is 18.2 Å². The quantitative estimate of drug-likeness (QED) is 0.862. The van der Waals surface area contributed by atoms with Crippen molar-refractivity contribution in [2.75, 3.05) is 7.11 Å². The monoisotopic (exact) mass is 265 g/mol. The Labute approximate surface area is 112 Å². The van der Waals surface area contributed by atoms with Gasteiger partial charge in [0.25, 0.3) is 0 Å². The van der Waals surface area contributed by atoms with E-state index in [2.05, 4.69) is 5.32 Å². The zero-order valence-corrected chi connectivity index (χ0v) is 11.2. The Morgan fingerprint density at radius 2 is 2.00 bits per heavy atom. The second kappa shape index (κ2) is 4.76. The summed E-state index contributed by atoms with van der Waals surface area (Å²) < 4.78 is 18.5. The molecule has 2 atom stereocenters. The molecule has 2 unspecified atom stereocenters. The molecular weight excluding hydrogens is 245 g/mol. The number of hydrogen-bond donors (Lipinski definition) is 2. The summed E-state index contributed by atoms with van der Waals surface area (Å²) in [4.78, 5) is 0. The molecule has 0 saturated carbocycles. The maximum Gasteiger partial charge on any atom is 0.127 e. The molecule has 2 saturated heterocycles. The SMILES string of the molecule is COc1cc(F)ccc1C1(O)CC2CCCC(C1)N2. The van der Waals surface area contributed by atoms with Gasteiger partial charge in [0.05, 0.1) is 12.7 Å². The molecular formula is C15H20FNO2. The molecule has 1 aromatic rings. The van der Waals surface area contributed by atoms with Gasteiger partial charge in [0.2, 0.25) is 0 Å². The fraction of sp³-hybridized carbons (Fsp3) is 0.600. The Balaban J connectivity index is 1.96. The van der Waals surface area contributed by atoms with Crippen LogP contribution in [0.3, 0.4) is 0 Å². The van der Waals surface area contributed by atoms with Gasteiger partial charge in [-0.3, -0.25) is 0 Å². The second-order valence-electron chi connectivity index (χ2n) is 5.78. The molecule has 2 N–H and O–H groups in total. The number of fused-ring (bicyclic) bond motifs is 2. The lowest BCUT2D eigenvalue weighted by atomic mass is 9.73. The summed E-state index contributed by atoms with van der Waals surface area (Å²) in [7, 11) is 1.52. The zero-order valence-electron chi connectivity index (χ0n) is 11.2. The molecule has 2 heterocycles. The van der Waals surface area contributed by atoms with E-state index >= 15 is 0 Å². The Morgan fingerprint density at radius 3 is 2.63 bits per heavy atom. The van der Waals surface area contributed by atoms with Crippen LogP contribution < -0.4 is 10.1 Å². The maximum absolute atomic E-state index is 13.3. The summed E-state index contributed by atoms with van der Waals surface area (Å²) in [5, 5.41) is 14.6. The predicted octanol–water partition coefficient (Wildman–Crippen LogP) is 2.33. The lowest BCUT2D eigenvalue weighted by Gasteiger charge is -2.45. The Hall–Kier alpha value is -1.13. The van der Waals surface area contributed by atoms with E-state index in [-0.39, 0.29) is 5.82 Å². The molecule has 0 amide bonds. The number of benzene rings is 1. The van der Waals surface area contributed by atoms with Crippen molar-refractivity contribution in [3.8, 4) is 5.75 Å². The first-order valence-electron chi connectivity index (χ1n) is 6.93. The fourth-order valence-corrected chi connectivity index (χ4v) is 3.60. The zero-order chi connectivity index (χ0) is 13.5. The Bertz CT molecular complexity index is 465. The van der Waals surface area contributed by atoms with Gasteiger partial charge in [-0.2, -0.15) is 0 Å². The van der Waals surface area contributed by atoms with Gasteiger partial charge in [0.1, 0.15) is 11.6 Å². The average Bonchev–Trinajstić information content (AvgIpc) is 2.37. The van der Waals surface area contributed by atoms with Crippen LogP contribution in [0.2, 0.25) is 0 Å². The predicted molar refractivity (Wildman–Crippen MR) is 70.6 cm³/mol. The average molecular weight is 265 g/mol. The lowest BCUT2D eigenvalue weighted by Crippen LogP contribution is -2.54. The van der Waals surface area contributed by atoms with E-state index in [4.69, 9.17) is 4.74 Å². The highest BCUT2D eigenvalue weighted by atomic mass is 19.1. The molecule has 2 aliphatic heterocycles. The highest BCUT2D eigenvalue weighted by Gasteiger charge is 2.43. The Morgan fingerprint density at radius 1 is 1.32 bits per heavy atom. The molecule has 0 radical (unpaired) electrons. The molecule has 2 bridgehead atoms. The number of ether oxygens (including phenoxy) is 1. The molecule has 4 heteroatoms. The standard InChI is InChI=1S/C15H20FNO2/c1-19-14-7-10(16)5-6-13(14)15(18)8-11-3-2-4-12(9-15)17-11/h5-7,11-12,17-18H,2-4,8-9H2,1H3. The maximum atomic E-state index is 13.3. The van der Waals surface area contributed by atoms with Crippen molar-refractivity contribution < 1.29 is 14.2 Å². The van der Waals surface area contributed by atoms with Gasteiger partial charge >= 0.3 is 0 Å². The van der Waals surface area contributed by atoms with Crippen LogP contribution in [-0.2, 0) is 5.60 Å². The number of methoxy groups -OCH3 is 1. The van der Waals surface area contributed by atoms with Gasteiger partial charge in [0, 0.05) is 23.7 Å². The molecule has 0 aliphatic carbocycles. The van der Waals surface area contributed by atoms with Crippen molar-refractivity contribution in [2.24, 2.45) is 0 Å². The number of hydrogen-bond acceptors (Lipinski definition) is 3. The van der Waals surface area contributed by atoms with Crippen molar-refractivity contribution in [2.45, 2.75) is 49.8 Å². The summed E-state index contributed by atoms with van der Waals surface area (Å²) in [6.45, 7) is 0. The normalized spacial score (nSPS) is 34.1. The number of halogens is 1. The third-order valence-corrected chi connectivity index (χ3v) is 4.41. The number of piperidine rings is 2. The minimum atomic E-state index is -0.903. The minimum absolute atomic E-state index is 0.335. The summed E-state index contributed by atoms with van der Waals surface area (Å²) >= 11 is 0. The van der Waals surface area contributed by atoms with Gasteiger partial charge in [-0.05, 0) is 37.8 Å². The molecule has 104 valence electrons. The van der Waals surface area contributed by atoms with E-state index in [1.165, 1.54) is 25.7 Å². The van der Waals surface area contributed by atoms with Gasteiger partial charge in [-0.15, -0.1) is 0 Å². The third-order valence-electron chi connectivity index (χ3n) is 4.41. The first-order valence-corrected chi connectivity index (χ1v) is 6.93. The first-order chi connectivity index (χ1) is 9.10. The first kappa shape index (κ1) is 12.9. The topological polar surface area (TPSA) is 41.5 Å². The van der Waals surface area contributed by atoms with Crippen LogP contribution in [0, 0.1) is 5.82 Å². The highest BCUT2D eigenvalue weighted by molar-refractivity contribution is 5.39. The summed E-state index contributed by atoms with van der Waals surface area (Å²) in [5.41, 5.74) is -0.185. The number of nitrogens with one attached hydrogen (secondary N) is 1. The van der Waals surface area contributed by atoms with Gasteiger partial charge in [-0.25, -0.2) is 4.39 Å². The lowest BCUT2D eigenvalue weighted by molar-refractivity contribution is -0.0373. The van der Waals surface area contributed by atoms with Crippen molar-refractivity contribution in [3.05, 3.63) is 29.6 Å². The Kier molecular flexibility index (Phi) is 3.23. The van der Waals surface area contributed by atoms with Gasteiger partial charge in [-0.1, -0.05) is 6.42 Å². The largest absolute Gasteiger partial charge is 0.496 e. The van der Waals surface area contributed by atoms with E-state index in [1.54, 1.807) is 6.07 Å². The van der Waals surface area contributed by atoms with Crippen LogP contribution in [-0.4, -0.2) is 24.3 Å². The van der Waals surface area contributed by atoms with Crippen LogP contribution in [0.25, 0.3) is 0 Å².